The highest BCUT2D eigenvalue weighted by Crippen LogP contribution is 2.57. The number of carboxylic acid groups (broad SMARTS) is 1. The highest BCUT2D eigenvalue weighted by Gasteiger charge is 2.56. The van der Waals surface area contributed by atoms with Gasteiger partial charge in [0.2, 0.25) is 0 Å². The molecule has 3 aromatic heterocycles. The van der Waals surface area contributed by atoms with E-state index < -0.39 is 17.4 Å². The number of carboxylic acids is 1. The van der Waals surface area contributed by atoms with Gasteiger partial charge in [0.1, 0.15) is 37.6 Å². The summed E-state index contributed by atoms with van der Waals surface area (Å²) in [5.41, 5.74) is 0.316. The fraction of sp³-hybridized carbons (Fsp3) is 0.429. The van der Waals surface area contributed by atoms with Gasteiger partial charge in [-0.05, 0) is 62.5 Å². The Morgan fingerprint density at radius 1 is 1.20 bits per heavy atom. The molecule has 0 amide bonds. The van der Waals surface area contributed by atoms with Crippen LogP contribution in [0.3, 0.4) is 0 Å². The van der Waals surface area contributed by atoms with Crippen molar-refractivity contribution in [3.05, 3.63) is 67.5 Å². The molecule has 3 aliphatic carbocycles. The molecule has 41 heavy (non-hydrogen) atoms. The lowest BCUT2D eigenvalue weighted by Crippen LogP contribution is -2.44. The number of rotatable bonds is 7. The average molecular weight is 620 g/mol. The second kappa shape index (κ2) is 9.88. The molecule has 214 valence electrons. The molecule has 7 rings (SSSR count). The zero-order valence-corrected chi connectivity index (χ0v) is 23.8. The third-order valence-corrected chi connectivity index (χ3v) is 10.4. The number of aliphatic hydroxyl groups is 1. The molecule has 4 atom stereocenters. The number of pyridine rings is 1. The first-order valence-corrected chi connectivity index (χ1v) is 14.9. The van der Waals surface area contributed by atoms with Gasteiger partial charge >= 0.3 is 5.97 Å². The number of carbonyl (C=O) groups is 1. The van der Waals surface area contributed by atoms with Crippen molar-refractivity contribution in [2.45, 2.75) is 62.8 Å². The standard InChI is InChI=1S/C28H24Cl2FN3O6S/c29-18-9-34(38)10-19(30)22(18)23-17(25(40-33-23)12-1-2-12)11-39-16-7-14-3-4-15(8-16)28(14,37)27-32-24-20(31)5-13(26(35)36)6-21(24)41-27/h5-6,9-10,12,14-16,37H,1-4,7-8,11H2,(H,35,36)/t14-,15+,16+,28-. The lowest BCUT2D eigenvalue weighted by Gasteiger charge is -2.41. The quantitative estimate of drug-likeness (QED) is 0.184. The summed E-state index contributed by atoms with van der Waals surface area (Å²) >= 11 is 13.9. The van der Waals surface area contributed by atoms with Crippen LogP contribution in [0, 0.1) is 22.9 Å². The molecule has 2 N–H and O–H groups in total. The molecule has 0 radical (unpaired) electrons. The number of hydrogen-bond donors (Lipinski definition) is 2. The summed E-state index contributed by atoms with van der Waals surface area (Å²) < 4.78 is 27.8. The van der Waals surface area contributed by atoms with Gasteiger partial charge in [-0.3, -0.25) is 0 Å². The number of ether oxygens (including phenoxy) is 1. The second-order valence-corrected chi connectivity index (χ2v) is 13.0. The summed E-state index contributed by atoms with van der Waals surface area (Å²) in [4.78, 5) is 15.8. The van der Waals surface area contributed by atoms with Gasteiger partial charge in [0.05, 0.1) is 28.5 Å². The molecule has 0 saturated heterocycles. The van der Waals surface area contributed by atoms with Crippen molar-refractivity contribution in [2.24, 2.45) is 11.8 Å². The van der Waals surface area contributed by atoms with E-state index in [1.165, 1.54) is 18.5 Å². The Kier molecular flexibility index (Phi) is 6.51. The lowest BCUT2D eigenvalue weighted by molar-refractivity contribution is -0.605. The number of thiazole rings is 1. The normalized spacial score (nSPS) is 25.7. The van der Waals surface area contributed by atoms with Crippen molar-refractivity contribution in [3.8, 4) is 11.3 Å². The Hall–Kier alpha value is -2.83. The van der Waals surface area contributed by atoms with Crippen molar-refractivity contribution in [1.29, 1.82) is 0 Å². The van der Waals surface area contributed by atoms with Crippen molar-refractivity contribution in [3.63, 3.8) is 0 Å². The van der Waals surface area contributed by atoms with Gasteiger partial charge in [0, 0.05) is 11.5 Å². The summed E-state index contributed by atoms with van der Waals surface area (Å²) in [6.07, 6.45) is 6.95. The van der Waals surface area contributed by atoms with Crippen LogP contribution in [0.1, 0.15) is 71.1 Å². The van der Waals surface area contributed by atoms with Crippen LogP contribution in [-0.2, 0) is 16.9 Å². The Morgan fingerprint density at radius 2 is 1.88 bits per heavy atom. The first-order chi connectivity index (χ1) is 19.6. The molecule has 3 heterocycles. The predicted molar refractivity (Wildman–Crippen MR) is 147 cm³/mol. The van der Waals surface area contributed by atoms with Crippen LogP contribution in [0.5, 0.6) is 0 Å². The van der Waals surface area contributed by atoms with E-state index in [2.05, 4.69) is 10.1 Å². The molecule has 0 aliphatic heterocycles. The van der Waals surface area contributed by atoms with Gasteiger partial charge in [-0.15, -0.1) is 11.3 Å². The van der Waals surface area contributed by atoms with Gasteiger partial charge in [-0.25, -0.2) is 14.2 Å². The summed E-state index contributed by atoms with van der Waals surface area (Å²) in [6, 6.07) is 2.36. The number of hydrogen-bond acceptors (Lipinski definition) is 8. The number of halogens is 3. The molecule has 0 unspecified atom stereocenters. The molecule has 3 saturated carbocycles. The zero-order valence-electron chi connectivity index (χ0n) is 21.5. The minimum Gasteiger partial charge on any atom is -0.619 e. The third-order valence-electron chi connectivity index (χ3n) is 8.67. The molecule has 3 fully saturated rings. The first-order valence-electron chi connectivity index (χ1n) is 13.4. The maximum absolute atomic E-state index is 14.7. The van der Waals surface area contributed by atoms with E-state index in [0.717, 1.165) is 54.4 Å². The number of aromatic nitrogens is 3. The van der Waals surface area contributed by atoms with Crippen LogP contribution in [0.25, 0.3) is 21.5 Å². The molecule has 9 nitrogen and oxygen atoms in total. The fourth-order valence-electron chi connectivity index (χ4n) is 6.53. The van der Waals surface area contributed by atoms with E-state index in [0.29, 0.717) is 38.5 Å². The molecular formula is C28H24Cl2FN3O6S. The minimum atomic E-state index is -1.24. The van der Waals surface area contributed by atoms with E-state index in [9.17, 15) is 24.6 Å². The number of aromatic carboxylic acids is 1. The Bertz CT molecular complexity index is 1670. The van der Waals surface area contributed by atoms with Crippen LogP contribution in [0.2, 0.25) is 10.0 Å². The smallest absolute Gasteiger partial charge is 0.335 e. The van der Waals surface area contributed by atoms with E-state index in [-0.39, 0.29) is 51.6 Å². The van der Waals surface area contributed by atoms with Crippen LogP contribution in [0.15, 0.2) is 29.0 Å². The van der Waals surface area contributed by atoms with Gasteiger partial charge in [0.15, 0.2) is 18.2 Å². The van der Waals surface area contributed by atoms with E-state index in [4.69, 9.17) is 32.5 Å². The molecule has 3 aliphatic rings. The van der Waals surface area contributed by atoms with Gasteiger partial charge in [-0.2, -0.15) is 4.73 Å². The monoisotopic (exact) mass is 619 g/mol. The number of nitrogens with zero attached hydrogens (tertiary/aromatic N) is 3. The maximum atomic E-state index is 14.7. The van der Waals surface area contributed by atoms with E-state index >= 15 is 0 Å². The number of fused-ring (bicyclic) bond motifs is 3. The fourth-order valence-corrected chi connectivity index (χ4v) is 8.42. The molecule has 1 aromatic carbocycles. The highest BCUT2D eigenvalue weighted by molar-refractivity contribution is 7.18. The van der Waals surface area contributed by atoms with Crippen LogP contribution >= 0.6 is 34.5 Å². The van der Waals surface area contributed by atoms with Crippen molar-refractivity contribution in [1.82, 2.24) is 10.1 Å². The Balaban J connectivity index is 1.14. The average Bonchev–Trinajstić information content (AvgIpc) is 3.49. The van der Waals surface area contributed by atoms with Gasteiger partial charge in [-0.1, -0.05) is 28.4 Å². The molecule has 2 bridgehead atoms. The SMILES string of the molecule is O=C(O)c1cc(F)c2nc([C@@]3(O)[C@@H]4CC[C@H]3C[C@@H](OCc3c(-c5c(Cl)c[n+]([O-])cc5Cl)noc3C3CC3)C4)sc2c1. The lowest BCUT2D eigenvalue weighted by atomic mass is 9.73. The van der Waals surface area contributed by atoms with Gasteiger partial charge in [0.25, 0.3) is 0 Å². The summed E-state index contributed by atoms with van der Waals surface area (Å²) in [5.74, 6) is -1.25. The van der Waals surface area contributed by atoms with E-state index in [1.807, 2.05) is 0 Å². The molecule has 13 heteroatoms. The van der Waals surface area contributed by atoms with Crippen molar-refractivity contribution < 1.29 is 33.4 Å². The van der Waals surface area contributed by atoms with E-state index in [1.54, 1.807) is 0 Å². The number of benzene rings is 1. The molecule has 0 spiro atoms. The summed E-state index contributed by atoms with van der Waals surface area (Å²) in [7, 11) is 0. The maximum Gasteiger partial charge on any atom is 0.335 e. The third kappa shape index (κ3) is 4.49. The molecular weight excluding hydrogens is 596 g/mol. The summed E-state index contributed by atoms with van der Waals surface area (Å²) in [6.45, 7) is 0.205. The molecule has 4 aromatic rings. The summed E-state index contributed by atoms with van der Waals surface area (Å²) in [5, 5.41) is 38.0. The Labute approximate surface area is 247 Å². The van der Waals surface area contributed by atoms with Crippen molar-refractivity contribution in [2.75, 3.05) is 0 Å². The van der Waals surface area contributed by atoms with Crippen LogP contribution in [0.4, 0.5) is 4.39 Å². The predicted octanol–water partition coefficient (Wildman–Crippen LogP) is 6.20. The highest BCUT2D eigenvalue weighted by atomic mass is 35.5. The van der Waals surface area contributed by atoms with Crippen LogP contribution in [-0.4, -0.2) is 32.4 Å². The first kappa shape index (κ1) is 27.0. The Morgan fingerprint density at radius 3 is 2.51 bits per heavy atom. The van der Waals surface area contributed by atoms with Crippen LogP contribution < -0.4 is 4.73 Å². The minimum absolute atomic E-state index is 0.0783. The van der Waals surface area contributed by atoms with Gasteiger partial charge < -0.3 is 24.7 Å². The zero-order chi connectivity index (χ0) is 28.6. The topological polar surface area (TPSA) is 133 Å². The largest absolute Gasteiger partial charge is 0.619 e. The van der Waals surface area contributed by atoms with Crippen molar-refractivity contribution >= 4 is 50.7 Å². The second-order valence-electron chi connectivity index (χ2n) is 11.2.